The van der Waals surface area contributed by atoms with Gasteiger partial charge >= 0.3 is 0 Å². The molecule has 214 valence electrons. The normalized spacial score (nSPS) is 10.9. The molecule has 0 aliphatic heterocycles. The fraction of sp³-hybridized carbons (Fsp3) is 0.500. The summed E-state index contributed by atoms with van der Waals surface area (Å²) in [5.41, 5.74) is 8.95. The molecule has 40 heavy (non-hydrogen) atoms. The predicted molar refractivity (Wildman–Crippen MR) is 170 cm³/mol. The van der Waals surface area contributed by atoms with Gasteiger partial charge in [0.2, 0.25) is 0 Å². The van der Waals surface area contributed by atoms with E-state index >= 15 is 0 Å². The first-order valence-electron chi connectivity index (χ1n) is 15.1. The summed E-state index contributed by atoms with van der Waals surface area (Å²) >= 11 is 0. The fourth-order valence-corrected chi connectivity index (χ4v) is 5.23. The second kappa shape index (κ2) is 18.1. The number of benzene rings is 2. The largest absolute Gasteiger partial charge is 0.307 e. The molecule has 1 N–H and O–H groups in total. The lowest BCUT2D eigenvalue weighted by Crippen LogP contribution is -2.07. The van der Waals surface area contributed by atoms with Crippen LogP contribution in [0.1, 0.15) is 114 Å². The van der Waals surface area contributed by atoms with Crippen LogP contribution in [0.4, 0.5) is 5.69 Å². The van der Waals surface area contributed by atoms with E-state index in [0.29, 0.717) is 12.8 Å². The number of unbranched alkanes of at least 4 members (excludes halogenated alkanes) is 4. The van der Waals surface area contributed by atoms with E-state index in [9.17, 15) is 9.59 Å². The Kier molecular flexibility index (Phi) is 14.9. The lowest BCUT2D eigenvalue weighted by molar-refractivity contribution is -0.117. The molecule has 0 radical (unpaired) electrons. The number of carbonyl (C=O) groups excluding carboxylic acids is 2. The van der Waals surface area contributed by atoms with Crippen LogP contribution in [0, 0.1) is 17.3 Å². The van der Waals surface area contributed by atoms with Crippen molar-refractivity contribution in [2.75, 3.05) is 0 Å². The number of hydrogen-bond acceptors (Lipinski definition) is 4. The molecule has 0 spiro atoms. The molecule has 0 amide bonds. The van der Waals surface area contributed by atoms with Gasteiger partial charge in [0.05, 0.1) is 5.69 Å². The highest BCUT2D eigenvalue weighted by Gasteiger charge is 2.20. The van der Waals surface area contributed by atoms with Crippen LogP contribution in [-0.2, 0) is 41.7 Å². The molecule has 0 saturated heterocycles. The highest BCUT2D eigenvalue weighted by Crippen LogP contribution is 2.38. The van der Waals surface area contributed by atoms with Crippen LogP contribution in [0.15, 0.2) is 29.3 Å². The van der Waals surface area contributed by atoms with Crippen molar-refractivity contribution in [1.29, 1.82) is 5.41 Å². The van der Waals surface area contributed by atoms with Gasteiger partial charge in [-0.25, -0.2) is 0 Å². The maximum absolute atomic E-state index is 12.2. The molecule has 4 heteroatoms. The van der Waals surface area contributed by atoms with Gasteiger partial charge in [0, 0.05) is 38.1 Å². The van der Waals surface area contributed by atoms with Gasteiger partial charge in [-0.3, -0.25) is 14.6 Å². The molecule has 2 rings (SSSR count). The van der Waals surface area contributed by atoms with E-state index in [-0.39, 0.29) is 11.6 Å². The third-order valence-electron chi connectivity index (χ3n) is 7.14. The Balaban J connectivity index is 2.85. The summed E-state index contributed by atoms with van der Waals surface area (Å²) < 4.78 is 0. The van der Waals surface area contributed by atoms with Crippen LogP contribution < -0.4 is 0 Å². The summed E-state index contributed by atoms with van der Waals surface area (Å²) in [6.45, 7) is 9.80. The summed E-state index contributed by atoms with van der Waals surface area (Å²) in [6.07, 6.45) is 14.7. The third kappa shape index (κ3) is 10.3. The lowest BCUT2D eigenvalue weighted by Gasteiger charge is -2.22. The first-order valence-corrected chi connectivity index (χ1v) is 15.1. The molecule has 4 nitrogen and oxygen atoms in total. The van der Waals surface area contributed by atoms with Crippen molar-refractivity contribution in [3.63, 3.8) is 0 Å². The molecule has 0 aromatic heterocycles. The minimum Gasteiger partial charge on any atom is -0.307 e. The Morgan fingerprint density at radius 2 is 1.45 bits per heavy atom. The summed E-state index contributed by atoms with van der Waals surface area (Å²) in [5.74, 6) is 6.88. The van der Waals surface area contributed by atoms with Gasteiger partial charge < -0.3 is 5.41 Å². The number of rotatable bonds is 17. The lowest BCUT2D eigenvalue weighted by atomic mass is 9.83. The average molecular weight is 541 g/mol. The molecule has 0 atom stereocenters. The van der Waals surface area contributed by atoms with Crippen molar-refractivity contribution < 1.29 is 9.59 Å². The van der Waals surface area contributed by atoms with Gasteiger partial charge in [0.1, 0.15) is 11.6 Å². The molecule has 0 fully saturated rings. The quantitative estimate of drug-likeness (QED) is 0.124. The van der Waals surface area contributed by atoms with Gasteiger partial charge in [-0.05, 0) is 97.4 Å². The molecule has 0 aliphatic carbocycles. The first kappa shape index (κ1) is 32.9. The number of hydrogen-bond donors (Lipinski definition) is 1. The van der Waals surface area contributed by atoms with Crippen molar-refractivity contribution >= 4 is 29.7 Å². The molecule has 0 saturated carbocycles. The van der Waals surface area contributed by atoms with Crippen molar-refractivity contribution in [3.8, 4) is 23.0 Å². The van der Waals surface area contributed by atoms with Crippen molar-refractivity contribution in [2.24, 2.45) is 4.99 Å². The van der Waals surface area contributed by atoms with E-state index in [4.69, 9.17) is 10.4 Å². The van der Waals surface area contributed by atoms with Crippen LogP contribution in [-0.4, -0.2) is 24.0 Å². The smallest absolute Gasteiger partial charge is 0.134 e. The van der Waals surface area contributed by atoms with Gasteiger partial charge in [0.15, 0.2) is 0 Å². The molecule has 0 heterocycles. The highest BCUT2D eigenvalue weighted by atomic mass is 16.1. The number of Topliss-reactive ketones (excluding diaryl/α,β-unsaturated/α-hetero) is 2. The molecule has 0 unspecified atom stereocenters. The first-order chi connectivity index (χ1) is 19.4. The second-order valence-corrected chi connectivity index (χ2v) is 10.7. The SMILES string of the molecule is CCCC#CCCc1c(-c2ccc(CC(C)=O)c(CC(C)=O)c2)cc(N=CC=N)c(CCCCC)c1CCCC. The van der Waals surface area contributed by atoms with E-state index in [0.717, 1.165) is 92.1 Å². The zero-order chi connectivity index (χ0) is 29.3. The fourth-order valence-electron chi connectivity index (χ4n) is 5.23. The molecular formula is C36H48N2O2. The summed E-state index contributed by atoms with van der Waals surface area (Å²) in [4.78, 5) is 28.9. The van der Waals surface area contributed by atoms with Crippen LogP contribution in [0.25, 0.3) is 11.1 Å². The Hall–Kier alpha value is -3.32. The number of aliphatic imine (C=N–C) groups is 1. The predicted octanol–water partition coefficient (Wildman–Crippen LogP) is 8.78. The minimum absolute atomic E-state index is 0.0829. The van der Waals surface area contributed by atoms with Gasteiger partial charge in [-0.2, -0.15) is 0 Å². The standard InChI is InChI=1S/C36H48N2O2/c1-6-9-12-13-15-17-33-32(16-11-8-3)34(18-14-10-7-2)36(38-22-21-37)26-35(33)30-20-19-29(23-27(4)39)31(25-30)24-28(5)40/h19-22,25-26,37H,6-11,14-18,23-24H2,1-5H3. The third-order valence-corrected chi connectivity index (χ3v) is 7.14. The average Bonchev–Trinajstić information content (AvgIpc) is 2.92. The van der Waals surface area contributed by atoms with Crippen molar-refractivity contribution in [3.05, 3.63) is 52.1 Å². The van der Waals surface area contributed by atoms with Crippen LogP contribution in [0.3, 0.4) is 0 Å². The minimum atomic E-state index is 0.0829. The van der Waals surface area contributed by atoms with Crippen LogP contribution in [0.2, 0.25) is 0 Å². The van der Waals surface area contributed by atoms with E-state index in [2.05, 4.69) is 50.8 Å². The monoisotopic (exact) mass is 540 g/mol. The number of nitrogens with zero attached hydrogens (tertiary/aromatic N) is 1. The molecule has 0 bridgehead atoms. The molecule has 2 aromatic rings. The van der Waals surface area contributed by atoms with E-state index in [1.54, 1.807) is 20.1 Å². The molecule has 0 aliphatic rings. The van der Waals surface area contributed by atoms with Crippen LogP contribution >= 0.6 is 0 Å². The summed E-state index contributed by atoms with van der Waals surface area (Å²) in [6, 6.07) is 8.39. The number of nitrogens with one attached hydrogen (secondary N) is 1. The van der Waals surface area contributed by atoms with E-state index < -0.39 is 0 Å². The van der Waals surface area contributed by atoms with E-state index in [1.807, 2.05) is 6.07 Å². The Morgan fingerprint density at radius 1 is 0.775 bits per heavy atom. The topological polar surface area (TPSA) is 70.3 Å². The Bertz CT molecular complexity index is 1240. The van der Waals surface area contributed by atoms with Crippen molar-refractivity contribution in [1.82, 2.24) is 0 Å². The zero-order valence-electron chi connectivity index (χ0n) is 25.4. The summed E-state index contributed by atoms with van der Waals surface area (Å²) in [5, 5.41) is 7.58. The van der Waals surface area contributed by atoms with Crippen LogP contribution in [0.5, 0.6) is 0 Å². The maximum Gasteiger partial charge on any atom is 0.134 e. The molecule has 2 aromatic carbocycles. The number of ketones is 2. The summed E-state index contributed by atoms with van der Waals surface area (Å²) in [7, 11) is 0. The highest BCUT2D eigenvalue weighted by molar-refractivity contribution is 6.15. The van der Waals surface area contributed by atoms with Gasteiger partial charge in [0.25, 0.3) is 0 Å². The Morgan fingerprint density at radius 3 is 2.10 bits per heavy atom. The van der Waals surface area contributed by atoms with Gasteiger partial charge in [-0.1, -0.05) is 58.2 Å². The van der Waals surface area contributed by atoms with Crippen molar-refractivity contribution in [2.45, 2.75) is 118 Å². The second-order valence-electron chi connectivity index (χ2n) is 10.7. The zero-order valence-corrected chi connectivity index (χ0v) is 25.4. The van der Waals surface area contributed by atoms with E-state index in [1.165, 1.54) is 29.3 Å². The van der Waals surface area contributed by atoms with Gasteiger partial charge in [-0.15, -0.1) is 11.8 Å². The molecular weight excluding hydrogens is 492 g/mol. The Labute approximate surface area is 242 Å². The number of carbonyl (C=O) groups is 2. The maximum atomic E-state index is 12.2.